The van der Waals surface area contributed by atoms with E-state index >= 15 is 0 Å². The SMILES string of the molecule is CCC(=C(C)C)C(OC)(OC)OC. The van der Waals surface area contributed by atoms with Gasteiger partial charge in [-0.15, -0.1) is 0 Å². The monoisotopic (exact) mass is 188 g/mol. The summed E-state index contributed by atoms with van der Waals surface area (Å²) in [6, 6.07) is 0. The summed E-state index contributed by atoms with van der Waals surface area (Å²) in [7, 11) is 4.72. The van der Waals surface area contributed by atoms with Crippen molar-refractivity contribution >= 4 is 0 Å². The van der Waals surface area contributed by atoms with E-state index in [4.69, 9.17) is 14.2 Å². The molecule has 0 fully saturated rings. The van der Waals surface area contributed by atoms with Gasteiger partial charge in [0.05, 0.1) is 0 Å². The normalized spacial score (nSPS) is 11.5. The molecule has 0 aromatic heterocycles. The molecule has 0 saturated heterocycles. The second-order valence-corrected chi connectivity index (χ2v) is 3.00. The molecule has 0 bridgehead atoms. The Labute approximate surface area is 80.7 Å². The molecule has 0 aliphatic heterocycles. The summed E-state index contributed by atoms with van der Waals surface area (Å²) in [5.41, 5.74) is 2.19. The van der Waals surface area contributed by atoms with Crippen molar-refractivity contribution in [2.45, 2.75) is 33.2 Å². The van der Waals surface area contributed by atoms with Crippen molar-refractivity contribution in [1.82, 2.24) is 0 Å². The highest BCUT2D eigenvalue weighted by molar-refractivity contribution is 5.15. The molecule has 0 aliphatic carbocycles. The van der Waals surface area contributed by atoms with Gasteiger partial charge in [-0.25, -0.2) is 0 Å². The van der Waals surface area contributed by atoms with Gasteiger partial charge >= 0.3 is 5.97 Å². The quantitative estimate of drug-likeness (QED) is 0.489. The average molecular weight is 188 g/mol. The predicted octanol–water partition coefficient (Wildman–Crippen LogP) is 2.33. The third kappa shape index (κ3) is 2.53. The van der Waals surface area contributed by atoms with Gasteiger partial charge in [0.1, 0.15) is 0 Å². The van der Waals surface area contributed by atoms with Gasteiger partial charge in [0, 0.05) is 26.9 Å². The molecule has 3 nitrogen and oxygen atoms in total. The van der Waals surface area contributed by atoms with Crippen molar-refractivity contribution in [3.63, 3.8) is 0 Å². The smallest absolute Gasteiger partial charge is 0.307 e. The molecular weight excluding hydrogens is 168 g/mol. The lowest BCUT2D eigenvalue weighted by molar-refractivity contribution is -0.327. The van der Waals surface area contributed by atoms with Gasteiger partial charge in [-0.1, -0.05) is 12.5 Å². The van der Waals surface area contributed by atoms with Crippen LogP contribution in [-0.4, -0.2) is 27.3 Å². The van der Waals surface area contributed by atoms with E-state index in [1.165, 1.54) is 0 Å². The maximum Gasteiger partial charge on any atom is 0.307 e. The molecule has 0 unspecified atom stereocenters. The summed E-state index contributed by atoms with van der Waals surface area (Å²) in [6.45, 7) is 6.09. The number of methoxy groups -OCH3 is 3. The fourth-order valence-corrected chi connectivity index (χ4v) is 1.50. The van der Waals surface area contributed by atoms with Gasteiger partial charge in [-0.3, -0.25) is 0 Å². The van der Waals surface area contributed by atoms with Crippen molar-refractivity contribution in [1.29, 1.82) is 0 Å². The van der Waals surface area contributed by atoms with Crippen LogP contribution in [0.5, 0.6) is 0 Å². The zero-order chi connectivity index (χ0) is 10.5. The lowest BCUT2D eigenvalue weighted by Gasteiger charge is -2.31. The summed E-state index contributed by atoms with van der Waals surface area (Å²) in [5.74, 6) is -1.01. The second-order valence-electron chi connectivity index (χ2n) is 3.00. The highest BCUT2D eigenvalue weighted by atomic mass is 16.9. The third-order valence-corrected chi connectivity index (χ3v) is 2.13. The molecule has 3 heteroatoms. The van der Waals surface area contributed by atoms with Crippen LogP contribution in [0.15, 0.2) is 11.1 Å². The summed E-state index contributed by atoms with van der Waals surface area (Å²) >= 11 is 0. The number of hydrogen-bond donors (Lipinski definition) is 0. The average Bonchev–Trinajstić information content (AvgIpc) is 2.13. The van der Waals surface area contributed by atoms with E-state index in [0.717, 1.165) is 17.6 Å². The first-order valence-corrected chi connectivity index (χ1v) is 4.40. The number of hydrogen-bond acceptors (Lipinski definition) is 3. The largest absolute Gasteiger partial charge is 0.327 e. The van der Waals surface area contributed by atoms with Crippen LogP contribution in [0.25, 0.3) is 0 Å². The highest BCUT2D eigenvalue weighted by Gasteiger charge is 2.34. The molecule has 0 rings (SSSR count). The molecule has 0 spiro atoms. The minimum Gasteiger partial charge on any atom is -0.327 e. The number of ether oxygens (including phenoxy) is 3. The Bertz CT molecular complexity index is 168. The lowest BCUT2D eigenvalue weighted by atomic mass is 10.1. The zero-order valence-corrected chi connectivity index (χ0v) is 9.43. The van der Waals surface area contributed by atoms with Crippen molar-refractivity contribution < 1.29 is 14.2 Å². The number of allylic oxidation sites excluding steroid dienone is 1. The van der Waals surface area contributed by atoms with Crippen LogP contribution in [0.3, 0.4) is 0 Å². The van der Waals surface area contributed by atoms with Crippen molar-refractivity contribution in [3.8, 4) is 0 Å². The maximum atomic E-state index is 5.25. The van der Waals surface area contributed by atoms with E-state index in [0.29, 0.717) is 0 Å². The van der Waals surface area contributed by atoms with Crippen LogP contribution >= 0.6 is 0 Å². The summed E-state index contributed by atoms with van der Waals surface area (Å²) in [6.07, 6.45) is 0.845. The van der Waals surface area contributed by atoms with Gasteiger partial charge in [0.2, 0.25) is 0 Å². The van der Waals surface area contributed by atoms with Crippen LogP contribution in [-0.2, 0) is 14.2 Å². The third-order valence-electron chi connectivity index (χ3n) is 2.13. The Kier molecular flexibility index (Phi) is 5.21. The molecular formula is C10H20O3. The van der Waals surface area contributed by atoms with Crippen LogP contribution in [0.1, 0.15) is 27.2 Å². The molecule has 78 valence electrons. The fourth-order valence-electron chi connectivity index (χ4n) is 1.50. The first kappa shape index (κ1) is 12.6. The Morgan fingerprint density at radius 2 is 1.38 bits per heavy atom. The van der Waals surface area contributed by atoms with E-state index in [1.807, 2.05) is 20.8 Å². The predicted molar refractivity (Wildman–Crippen MR) is 52.4 cm³/mol. The molecule has 0 heterocycles. The van der Waals surface area contributed by atoms with Gasteiger partial charge in [0.15, 0.2) is 0 Å². The Morgan fingerprint density at radius 1 is 1.00 bits per heavy atom. The molecule has 0 saturated carbocycles. The van der Waals surface area contributed by atoms with Crippen LogP contribution in [0, 0.1) is 0 Å². The van der Waals surface area contributed by atoms with Gasteiger partial charge in [0.25, 0.3) is 0 Å². The first-order chi connectivity index (χ1) is 6.07. The molecule has 0 aromatic rings. The number of rotatable bonds is 5. The van der Waals surface area contributed by atoms with Crippen LogP contribution in [0.2, 0.25) is 0 Å². The first-order valence-electron chi connectivity index (χ1n) is 4.40. The van der Waals surface area contributed by atoms with E-state index in [-0.39, 0.29) is 0 Å². The molecule has 0 aromatic carbocycles. The molecule has 0 atom stereocenters. The van der Waals surface area contributed by atoms with Crippen LogP contribution in [0.4, 0.5) is 0 Å². The van der Waals surface area contributed by atoms with E-state index < -0.39 is 5.97 Å². The van der Waals surface area contributed by atoms with Crippen molar-refractivity contribution in [3.05, 3.63) is 11.1 Å². The molecule has 0 radical (unpaired) electrons. The summed E-state index contributed by atoms with van der Waals surface area (Å²) < 4.78 is 15.7. The van der Waals surface area contributed by atoms with E-state index in [1.54, 1.807) is 21.3 Å². The Morgan fingerprint density at radius 3 is 1.46 bits per heavy atom. The Balaban J connectivity index is 5.01. The summed E-state index contributed by atoms with van der Waals surface area (Å²) in [4.78, 5) is 0. The minimum atomic E-state index is -1.01. The van der Waals surface area contributed by atoms with E-state index in [2.05, 4.69) is 0 Å². The van der Waals surface area contributed by atoms with Crippen LogP contribution < -0.4 is 0 Å². The maximum absolute atomic E-state index is 5.25. The van der Waals surface area contributed by atoms with Crippen molar-refractivity contribution in [2.75, 3.05) is 21.3 Å². The molecule has 0 amide bonds. The highest BCUT2D eigenvalue weighted by Crippen LogP contribution is 2.28. The van der Waals surface area contributed by atoms with Gasteiger partial charge < -0.3 is 14.2 Å². The van der Waals surface area contributed by atoms with Crippen molar-refractivity contribution in [2.24, 2.45) is 0 Å². The minimum absolute atomic E-state index is 0.845. The Hall–Kier alpha value is -0.380. The topological polar surface area (TPSA) is 27.7 Å². The van der Waals surface area contributed by atoms with Gasteiger partial charge in [-0.2, -0.15) is 0 Å². The molecule has 0 N–H and O–H groups in total. The van der Waals surface area contributed by atoms with E-state index in [9.17, 15) is 0 Å². The van der Waals surface area contributed by atoms with Gasteiger partial charge in [-0.05, 0) is 20.3 Å². The molecule has 13 heavy (non-hydrogen) atoms. The fraction of sp³-hybridized carbons (Fsp3) is 0.800. The standard InChI is InChI=1S/C10H20O3/c1-7-9(8(2)3)10(11-4,12-5)13-6/h7H2,1-6H3. The second kappa shape index (κ2) is 5.37. The molecule has 0 aliphatic rings. The zero-order valence-electron chi connectivity index (χ0n) is 9.43. The summed E-state index contributed by atoms with van der Waals surface area (Å²) in [5, 5.41) is 0. The lowest BCUT2D eigenvalue weighted by Crippen LogP contribution is -2.38.